The molecule has 0 bridgehead atoms. The molecule has 0 spiro atoms. The van der Waals surface area contributed by atoms with Gasteiger partial charge in [-0.15, -0.1) is 5.10 Å². The molecule has 0 aromatic heterocycles. The maximum Gasteiger partial charge on any atom is 0.270 e. The normalized spacial score (nSPS) is 15.7. The summed E-state index contributed by atoms with van der Waals surface area (Å²) in [6.07, 6.45) is 1.44. The fourth-order valence-corrected chi connectivity index (χ4v) is 3.93. The molecule has 1 saturated heterocycles. The molecule has 1 fully saturated rings. The van der Waals surface area contributed by atoms with Crippen molar-refractivity contribution in [3.05, 3.63) is 88.0 Å². The zero-order chi connectivity index (χ0) is 20.2. The van der Waals surface area contributed by atoms with E-state index >= 15 is 0 Å². The Kier molecular flexibility index (Phi) is 5.35. The van der Waals surface area contributed by atoms with Crippen LogP contribution in [-0.2, 0) is 11.3 Å². The maximum atomic E-state index is 12.4. The summed E-state index contributed by atoms with van der Waals surface area (Å²) in [7, 11) is 0. The van der Waals surface area contributed by atoms with Gasteiger partial charge in [-0.2, -0.15) is 5.10 Å². The lowest BCUT2D eigenvalue weighted by atomic mass is 10.0. The van der Waals surface area contributed by atoms with Crippen molar-refractivity contribution in [3.63, 3.8) is 0 Å². The number of amidine groups is 1. The van der Waals surface area contributed by atoms with Crippen LogP contribution >= 0.6 is 11.8 Å². The summed E-state index contributed by atoms with van der Waals surface area (Å²) in [6, 6.07) is 20.2. The van der Waals surface area contributed by atoms with Crippen LogP contribution in [0.1, 0.15) is 11.1 Å². The first kappa shape index (κ1) is 18.8. The van der Waals surface area contributed by atoms with E-state index in [4.69, 9.17) is 0 Å². The van der Waals surface area contributed by atoms with Crippen LogP contribution in [0.4, 0.5) is 5.69 Å². The molecule has 1 aliphatic rings. The van der Waals surface area contributed by atoms with Gasteiger partial charge in [0, 0.05) is 17.7 Å². The Morgan fingerprint density at radius 3 is 2.76 bits per heavy atom. The number of benzene rings is 3. The molecule has 144 valence electrons. The Morgan fingerprint density at radius 2 is 1.90 bits per heavy atom. The van der Waals surface area contributed by atoms with Gasteiger partial charge in [0.05, 0.1) is 23.4 Å². The van der Waals surface area contributed by atoms with Crippen LogP contribution < -0.4 is 0 Å². The average molecular weight is 404 g/mol. The van der Waals surface area contributed by atoms with Crippen molar-refractivity contribution in [3.8, 4) is 0 Å². The molecule has 29 heavy (non-hydrogen) atoms. The zero-order valence-electron chi connectivity index (χ0n) is 15.3. The van der Waals surface area contributed by atoms with Crippen molar-refractivity contribution in [1.29, 1.82) is 0 Å². The van der Waals surface area contributed by atoms with Crippen LogP contribution in [-0.4, -0.2) is 32.9 Å². The quantitative estimate of drug-likeness (QED) is 0.362. The summed E-state index contributed by atoms with van der Waals surface area (Å²) in [5.41, 5.74) is 1.59. The highest BCUT2D eigenvalue weighted by molar-refractivity contribution is 8.15. The Balaban J connectivity index is 1.56. The third kappa shape index (κ3) is 4.17. The van der Waals surface area contributed by atoms with Crippen LogP contribution in [0, 0.1) is 10.1 Å². The number of amides is 1. The number of rotatable bonds is 5. The van der Waals surface area contributed by atoms with Crippen LogP contribution in [0.3, 0.4) is 0 Å². The summed E-state index contributed by atoms with van der Waals surface area (Å²) in [4.78, 5) is 24.4. The molecular formula is C21H16N4O3S. The van der Waals surface area contributed by atoms with Gasteiger partial charge in [-0.05, 0) is 16.3 Å². The smallest absolute Gasteiger partial charge is 0.270 e. The van der Waals surface area contributed by atoms with E-state index in [1.54, 1.807) is 17.0 Å². The lowest BCUT2D eigenvalue weighted by Gasteiger charge is -2.16. The van der Waals surface area contributed by atoms with E-state index in [0.29, 0.717) is 23.0 Å². The second kappa shape index (κ2) is 8.24. The number of carbonyl (C=O) groups excluding carboxylic acids is 1. The number of carbonyl (C=O) groups is 1. The lowest BCUT2D eigenvalue weighted by Crippen LogP contribution is -2.28. The minimum absolute atomic E-state index is 0.00963. The second-order valence-corrected chi connectivity index (χ2v) is 7.33. The van der Waals surface area contributed by atoms with Crippen molar-refractivity contribution in [2.75, 3.05) is 5.75 Å². The Hall–Kier alpha value is -3.52. The van der Waals surface area contributed by atoms with Gasteiger partial charge < -0.3 is 0 Å². The molecule has 1 heterocycles. The Labute approximate surface area is 170 Å². The van der Waals surface area contributed by atoms with Gasteiger partial charge in [-0.25, -0.2) is 0 Å². The van der Waals surface area contributed by atoms with Crippen LogP contribution in [0.25, 0.3) is 10.8 Å². The first-order valence-corrected chi connectivity index (χ1v) is 9.86. The number of hydrogen-bond acceptors (Lipinski definition) is 6. The number of nitro benzene ring substituents is 1. The van der Waals surface area contributed by atoms with E-state index in [1.165, 1.54) is 30.1 Å². The number of fused-ring (bicyclic) bond motifs is 1. The largest absolute Gasteiger partial charge is 0.285 e. The first-order chi connectivity index (χ1) is 14.1. The fraction of sp³-hybridized carbons (Fsp3) is 0.0952. The van der Waals surface area contributed by atoms with Crippen molar-refractivity contribution in [2.24, 2.45) is 10.2 Å². The highest BCUT2D eigenvalue weighted by Crippen LogP contribution is 2.25. The average Bonchev–Trinajstić information content (AvgIpc) is 3.08. The van der Waals surface area contributed by atoms with Crippen molar-refractivity contribution in [2.45, 2.75) is 6.54 Å². The lowest BCUT2D eigenvalue weighted by molar-refractivity contribution is -0.384. The predicted octanol–water partition coefficient (Wildman–Crippen LogP) is 4.21. The molecule has 0 saturated carbocycles. The molecule has 3 aromatic rings. The highest BCUT2D eigenvalue weighted by atomic mass is 32.2. The third-order valence-electron chi connectivity index (χ3n) is 4.50. The van der Waals surface area contributed by atoms with Crippen molar-refractivity contribution < 1.29 is 9.72 Å². The van der Waals surface area contributed by atoms with Gasteiger partial charge in [-0.3, -0.25) is 19.8 Å². The SMILES string of the molecule is O=C1CSC(=NN=Cc2cccc([N+](=O)[O-])c2)N1Cc1cccc2ccccc12. The molecule has 3 aromatic carbocycles. The van der Waals surface area contributed by atoms with Gasteiger partial charge in [0.25, 0.3) is 5.69 Å². The van der Waals surface area contributed by atoms with Gasteiger partial charge in [-0.1, -0.05) is 66.4 Å². The standard InChI is InChI=1S/C21H16N4O3S/c26-20-14-29-21(23-22-12-15-5-3-9-18(11-15)25(27)28)24(20)13-17-8-4-7-16-6-1-2-10-19(16)17/h1-12H,13-14H2. The van der Waals surface area contributed by atoms with E-state index in [9.17, 15) is 14.9 Å². The number of hydrogen-bond donors (Lipinski definition) is 0. The predicted molar refractivity (Wildman–Crippen MR) is 115 cm³/mol. The van der Waals surface area contributed by atoms with E-state index in [1.807, 2.05) is 42.5 Å². The van der Waals surface area contributed by atoms with E-state index in [0.717, 1.165) is 16.3 Å². The van der Waals surface area contributed by atoms with Crippen molar-refractivity contribution >= 4 is 45.5 Å². The minimum Gasteiger partial charge on any atom is -0.285 e. The summed E-state index contributed by atoms with van der Waals surface area (Å²) in [5.74, 6) is 0.294. The second-order valence-electron chi connectivity index (χ2n) is 6.39. The molecule has 0 unspecified atom stereocenters. The summed E-state index contributed by atoms with van der Waals surface area (Å²) >= 11 is 1.33. The van der Waals surface area contributed by atoms with Crippen LogP contribution in [0.5, 0.6) is 0 Å². The maximum absolute atomic E-state index is 12.4. The molecule has 0 atom stereocenters. The molecular weight excluding hydrogens is 388 g/mol. The molecule has 4 rings (SSSR count). The number of thioether (sulfide) groups is 1. The molecule has 7 nitrogen and oxygen atoms in total. The van der Waals surface area contributed by atoms with E-state index in [-0.39, 0.29) is 11.6 Å². The molecule has 8 heteroatoms. The van der Waals surface area contributed by atoms with Gasteiger partial charge in [0.1, 0.15) is 0 Å². The van der Waals surface area contributed by atoms with Gasteiger partial charge in [0.2, 0.25) is 5.91 Å². The highest BCUT2D eigenvalue weighted by Gasteiger charge is 2.28. The van der Waals surface area contributed by atoms with Gasteiger partial charge in [0.15, 0.2) is 5.17 Å². The number of non-ortho nitro benzene ring substituents is 1. The monoisotopic (exact) mass is 404 g/mol. The Morgan fingerprint density at radius 1 is 1.10 bits per heavy atom. The molecule has 1 amide bonds. The van der Waals surface area contributed by atoms with Gasteiger partial charge >= 0.3 is 0 Å². The van der Waals surface area contributed by atoms with E-state index in [2.05, 4.69) is 10.2 Å². The summed E-state index contributed by atoms with van der Waals surface area (Å²) in [5, 5.41) is 21.8. The van der Waals surface area contributed by atoms with Crippen LogP contribution in [0.15, 0.2) is 76.9 Å². The Bertz CT molecular complexity index is 1150. The molecule has 0 aliphatic carbocycles. The number of nitro groups is 1. The first-order valence-electron chi connectivity index (χ1n) is 8.87. The molecule has 0 radical (unpaired) electrons. The van der Waals surface area contributed by atoms with Crippen molar-refractivity contribution in [1.82, 2.24) is 4.90 Å². The van der Waals surface area contributed by atoms with Crippen LogP contribution in [0.2, 0.25) is 0 Å². The summed E-state index contributed by atoms with van der Waals surface area (Å²) < 4.78 is 0. The molecule has 1 aliphatic heterocycles. The third-order valence-corrected chi connectivity index (χ3v) is 5.45. The summed E-state index contributed by atoms with van der Waals surface area (Å²) in [6.45, 7) is 0.415. The fourth-order valence-electron chi connectivity index (χ4n) is 3.09. The molecule has 0 N–H and O–H groups in total. The van der Waals surface area contributed by atoms with E-state index < -0.39 is 4.92 Å². The zero-order valence-corrected chi connectivity index (χ0v) is 16.1. The number of nitrogens with zero attached hydrogens (tertiary/aromatic N) is 4. The topological polar surface area (TPSA) is 88.2 Å². The minimum atomic E-state index is -0.458.